The number of hydrazine groups is 1. The van der Waals surface area contributed by atoms with Gasteiger partial charge in [0.2, 0.25) is 0 Å². The molecule has 3 heteroatoms. The third-order valence-electron chi connectivity index (χ3n) is 2.52. The van der Waals surface area contributed by atoms with Crippen LogP contribution in [0.2, 0.25) is 0 Å². The van der Waals surface area contributed by atoms with Gasteiger partial charge in [0.1, 0.15) is 0 Å². The Balaban J connectivity index is 2.14. The van der Waals surface area contributed by atoms with E-state index in [1.807, 2.05) is 19.1 Å². The maximum atomic E-state index is 3.43. The summed E-state index contributed by atoms with van der Waals surface area (Å²) >= 11 is 0. The Kier molecular flexibility index (Phi) is 2.70. The molecule has 0 amide bonds. The predicted octanol–water partition coefficient (Wildman–Crippen LogP) is 1.22. The number of nitrogens with one attached hydrogen (secondary N) is 2. The minimum Gasteiger partial charge on any atom is -0.384 e. The number of benzene rings is 1. The fourth-order valence-corrected chi connectivity index (χ4v) is 1.80. The lowest BCUT2D eigenvalue weighted by Gasteiger charge is -2.14. The SMILES string of the molecule is CN(C)NCc1cccc2c1NCC2. The highest BCUT2D eigenvalue weighted by Gasteiger charge is 2.12. The molecule has 1 aliphatic rings. The average molecular weight is 191 g/mol. The van der Waals surface area contributed by atoms with Crippen LogP contribution in [0, 0.1) is 0 Å². The van der Waals surface area contributed by atoms with E-state index in [1.165, 1.54) is 16.8 Å². The van der Waals surface area contributed by atoms with E-state index in [0.717, 1.165) is 19.5 Å². The molecule has 1 heterocycles. The average Bonchev–Trinajstić information content (AvgIpc) is 2.62. The van der Waals surface area contributed by atoms with Crippen molar-refractivity contribution in [3.05, 3.63) is 29.3 Å². The number of nitrogens with zero attached hydrogens (tertiary/aromatic N) is 1. The van der Waals surface area contributed by atoms with Crippen molar-refractivity contribution in [1.29, 1.82) is 0 Å². The molecule has 1 aromatic rings. The van der Waals surface area contributed by atoms with Crippen LogP contribution in [-0.4, -0.2) is 25.6 Å². The number of fused-ring (bicyclic) bond motifs is 1. The van der Waals surface area contributed by atoms with Crippen LogP contribution in [0.25, 0.3) is 0 Å². The van der Waals surface area contributed by atoms with Gasteiger partial charge >= 0.3 is 0 Å². The molecule has 0 saturated heterocycles. The monoisotopic (exact) mass is 191 g/mol. The first kappa shape index (κ1) is 9.49. The molecule has 0 radical (unpaired) electrons. The zero-order chi connectivity index (χ0) is 9.97. The molecule has 2 rings (SSSR count). The number of anilines is 1. The summed E-state index contributed by atoms with van der Waals surface area (Å²) in [5.74, 6) is 0. The highest BCUT2D eigenvalue weighted by molar-refractivity contribution is 5.61. The second-order valence-corrected chi connectivity index (χ2v) is 3.86. The summed E-state index contributed by atoms with van der Waals surface area (Å²) in [5.41, 5.74) is 7.42. The van der Waals surface area contributed by atoms with E-state index < -0.39 is 0 Å². The van der Waals surface area contributed by atoms with Crippen molar-refractivity contribution < 1.29 is 0 Å². The van der Waals surface area contributed by atoms with Crippen LogP contribution in [0.15, 0.2) is 18.2 Å². The Morgan fingerprint density at radius 1 is 1.43 bits per heavy atom. The normalized spacial score (nSPS) is 14.2. The molecule has 0 spiro atoms. The van der Waals surface area contributed by atoms with E-state index in [4.69, 9.17) is 0 Å². The summed E-state index contributed by atoms with van der Waals surface area (Å²) in [6.45, 7) is 1.97. The Labute approximate surface area is 85.1 Å². The largest absolute Gasteiger partial charge is 0.384 e. The van der Waals surface area contributed by atoms with Gasteiger partial charge in [-0.1, -0.05) is 18.2 Å². The van der Waals surface area contributed by atoms with Crippen LogP contribution in [0.1, 0.15) is 11.1 Å². The number of rotatable bonds is 3. The van der Waals surface area contributed by atoms with Crippen molar-refractivity contribution in [2.45, 2.75) is 13.0 Å². The zero-order valence-corrected chi connectivity index (χ0v) is 8.80. The van der Waals surface area contributed by atoms with E-state index in [0.29, 0.717) is 0 Å². The van der Waals surface area contributed by atoms with E-state index in [-0.39, 0.29) is 0 Å². The van der Waals surface area contributed by atoms with Gasteiger partial charge in [-0.3, -0.25) is 10.4 Å². The molecule has 0 fully saturated rings. The third-order valence-corrected chi connectivity index (χ3v) is 2.52. The van der Waals surface area contributed by atoms with Crippen LogP contribution >= 0.6 is 0 Å². The lowest BCUT2D eigenvalue weighted by molar-refractivity contribution is 0.286. The first-order valence-electron chi connectivity index (χ1n) is 5.03. The van der Waals surface area contributed by atoms with Gasteiger partial charge in [-0.25, -0.2) is 0 Å². The van der Waals surface area contributed by atoms with Crippen molar-refractivity contribution in [1.82, 2.24) is 10.4 Å². The van der Waals surface area contributed by atoms with Crippen molar-refractivity contribution in [3.63, 3.8) is 0 Å². The summed E-state index contributed by atoms with van der Waals surface area (Å²) in [7, 11) is 4.02. The number of para-hydroxylation sites is 1. The summed E-state index contributed by atoms with van der Waals surface area (Å²) < 4.78 is 0. The van der Waals surface area contributed by atoms with E-state index in [9.17, 15) is 0 Å². The summed E-state index contributed by atoms with van der Waals surface area (Å²) in [6, 6.07) is 6.51. The molecule has 76 valence electrons. The molecule has 0 atom stereocenters. The van der Waals surface area contributed by atoms with Crippen LogP contribution in [-0.2, 0) is 13.0 Å². The van der Waals surface area contributed by atoms with Crippen LogP contribution in [0.4, 0.5) is 5.69 Å². The minimum absolute atomic E-state index is 0.892. The molecule has 0 aliphatic carbocycles. The molecule has 0 unspecified atom stereocenters. The maximum Gasteiger partial charge on any atom is 0.0419 e. The van der Waals surface area contributed by atoms with Gasteiger partial charge in [-0.05, 0) is 17.5 Å². The Bertz CT molecular complexity index is 320. The molecule has 0 aromatic heterocycles. The Morgan fingerprint density at radius 3 is 3.07 bits per heavy atom. The maximum absolute atomic E-state index is 3.43. The highest BCUT2D eigenvalue weighted by Crippen LogP contribution is 2.25. The van der Waals surface area contributed by atoms with Crippen LogP contribution < -0.4 is 10.7 Å². The van der Waals surface area contributed by atoms with Crippen molar-refractivity contribution in [2.75, 3.05) is 26.0 Å². The fraction of sp³-hybridized carbons (Fsp3) is 0.455. The number of hydrogen-bond donors (Lipinski definition) is 2. The lowest BCUT2D eigenvalue weighted by Crippen LogP contribution is -2.29. The predicted molar refractivity (Wildman–Crippen MR) is 59.2 cm³/mol. The van der Waals surface area contributed by atoms with E-state index >= 15 is 0 Å². The summed E-state index contributed by atoms with van der Waals surface area (Å²) in [6.07, 6.45) is 1.16. The molecular weight excluding hydrogens is 174 g/mol. The van der Waals surface area contributed by atoms with Crippen LogP contribution in [0.5, 0.6) is 0 Å². The third kappa shape index (κ3) is 1.89. The summed E-state index contributed by atoms with van der Waals surface area (Å²) in [4.78, 5) is 0. The molecule has 14 heavy (non-hydrogen) atoms. The number of hydrogen-bond acceptors (Lipinski definition) is 3. The van der Waals surface area contributed by atoms with E-state index in [2.05, 4.69) is 28.9 Å². The standard InChI is InChI=1S/C11H17N3/c1-14(2)13-8-10-5-3-4-9-6-7-12-11(9)10/h3-5,12-13H,6-8H2,1-2H3. The molecule has 2 N–H and O–H groups in total. The lowest BCUT2D eigenvalue weighted by atomic mass is 10.1. The molecule has 1 aliphatic heterocycles. The van der Waals surface area contributed by atoms with Gasteiger partial charge in [-0.2, -0.15) is 0 Å². The fourth-order valence-electron chi connectivity index (χ4n) is 1.80. The first-order chi connectivity index (χ1) is 6.77. The van der Waals surface area contributed by atoms with Crippen LogP contribution in [0.3, 0.4) is 0 Å². The van der Waals surface area contributed by atoms with Crippen molar-refractivity contribution >= 4 is 5.69 Å². The molecule has 3 nitrogen and oxygen atoms in total. The van der Waals surface area contributed by atoms with Gasteiger partial charge in [0.05, 0.1) is 0 Å². The highest BCUT2D eigenvalue weighted by atomic mass is 15.5. The van der Waals surface area contributed by atoms with Gasteiger partial charge in [0.25, 0.3) is 0 Å². The second-order valence-electron chi connectivity index (χ2n) is 3.86. The van der Waals surface area contributed by atoms with Gasteiger partial charge in [0.15, 0.2) is 0 Å². The topological polar surface area (TPSA) is 27.3 Å². The molecule has 0 bridgehead atoms. The van der Waals surface area contributed by atoms with Gasteiger partial charge < -0.3 is 5.32 Å². The molecule has 1 aromatic carbocycles. The summed E-state index contributed by atoms with van der Waals surface area (Å²) in [5, 5.41) is 5.41. The Morgan fingerprint density at radius 2 is 2.29 bits per heavy atom. The molecular formula is C11H17N3. The first-order valence-corrected chi connectivity index (χ1v) is 5.03. The van der Waals surface area contributed by atoms with Crippen molar-refractivity contribution in [3.8, 4) is 0 Å². The van der Waals surface area contributed by atoms with Crippen molar-refractivity contribution in [2.24, 2.45) is 0 Å². The minimum atomic E-state index is 0.892. The van der Waals surface area contributed by atoms with Gasteiger partial charge in [-0.15, -0.1) is 0 Å². The quantitative estimate of drug-likeness (QED) is 0.703. The molecule has 0 saturated carbocycles. The second kappa shape index (κ2) is 3.98. The Hall–Kier alpha value is -1.06. The van der Waals surface area contributed by atoms with Gasteiger partial charge in [0, 0.05) is 32.9 Å². The smallest absolute Gasteiger partial charge is 0.0419 e. The zero-order valence-electron chi connectivity index (χ0n) is 8.80. The van der Waals surface area contributed by atoms with E-state index in [1.54, 1.807) is 0 Å².